The molecule has 0 aromatic heterocycles. The molecule has 1 fully saturated rings. The third-order valence-electron chi connectivity index (χ3n) is 3.85. The molecule has 0 saturated carbocycles. The molecule has 3 nitrogen and oxygen atoms in total. The summed E-state index contributed by atoms with van der Waals surface area (Å²) >= 11 is 5.07. The Morgan fingerprint density at radius 2 is 2.11 bits per heavy atom. The molecule has 1 aromatic rings. The predicted molar refractivity (Wildman–Crippen MR) is 86.0 cm³/mol. The Hall–Kier alpha value is -1.13. The molecular weight excluding hydrogens is 254 g/mol. The van der Waals surface area contributed by atoms with E-state index < -0.39 is 0 Å². The van der Waals surface area contributed by atoms with Crippen molar-refractivity contribution in [3.05, 3.63) is 29.3 Å². The fourth-order valence-electron chi connectivity index (χ4n) is 2.86. The lowest BCUT2D eigenvalue weighted by molar-refractivity contribution is 0.337. The number of aryl methyl sites for hydroxylation is 1. The van der Waals surface area contributed by atoms with Crippen molar-refractivity contribution in [3.63, 3.8) is 0 Å². The second-order valence-electron chi connectivity index (χ2n) is 5.52. The monoisotopic (exact) mass is 277 g/mol. The summed E-state index contributed by atoms with van der Waals surface area (Å²) in [5.74, 6) is 0. The lowest BCUT2D eigenvalue weighted by Crippen LogP contribution is -2.38. The summed E-state index contributed by atoms with van der Waals surface area (Å²) in [5, 5.41) is 0. The van der Waals surface area contributed by atoms with Crippen LogP contribution in [0.15, 0.2) is 18.2 Å². The number of rotatable bonds is 2. The van der Waals surface area contributed by atoms with Gasteiger partial charge in [-0.3, -0.25) is 0 Å². The van der Waals surface area contributed by atoms with Gasteiger partial charge in [0.1, 0.15) is 4.99 Å². The van der Waals surface area contributed by atoms with Crippen LogP contribution in [0.4, 0.5) is 5.69 Å². The molecule has 0 radical (unpaired) electrons. The zero-order valence-corrected chi connectivity index (χ0v) is 12.8. The molecule has 1 aliphatic heterocycles. The first kappa shape index (κ1) is 14.3. The third kappa shape index (κ3) is 3.25. The zero-order valence-electron chi connectivity index (χ0n) is 12.0. The van der Waals surface area contributed by atoms with Crippen molar-refractivity contribution in [3.8, 4) is 0 Å². The summed E-state index contributed by atoms with van der Waals surface area (Å²) in [6, 6.07) is 6.93. The standard InChI is InChI=1S/C15H23N3S/c1-11-9-13(5-6-14(11)15(16)19)18-8-4-7-17(3)10-12(18)2/h5-6,9,12H,4,7-8,10H2,1-3H3,(H2,16,19). The summed E-state index contributed by atoms with van der Waals surface area (Å²) in [5.41, 5.74) is 9.15. The molecule has 1 atom stereocenters. The van der Waals surface area contributed by atoms with Crippen LogP contribution in [0.1, 0.15) is 24.5 Å². The summed E-state index contributed by atoms with van der Waals surface area (Å²) in [6.07, 6.45) is 1.21. The lowest BCUT2D eigenvalue weighted by Gasteiger charge is -2.30. The van der Waals surface area contributed by atoms with E-state index in [4.69, 9.17) is 18.0 Å². The Kier molecular flexibility index (Phi) is 4.42. The second-order valence-corrected chi connectivity index (χ2v) is 5.96. The lowest BCUT2D eigenvalue weighted by atomic mass is 10.1. The van der Waals surface area contributed by atoms with Crippen LogP contribution in [0.2, 0.25) is 0 Å². The fourth-order valence-corrected chi connectivity index (χ4v) is 3.09. The van der Waals surface area contributed by atoms with E-state index >= 15 is 0 Å². The normalized spacial score (nSPS) is 21.2. The van der Waals surface area contributed by atoms with Gasteiger partial charge in [0.15, 0.2) is 0 Å². The third-order valence-corrected chi connectivity index (χ3v) is 4.07. The minimum absolute atomic E-state index is 0.479. The topological polar surface area (TPSA) is 32.5 Å². The SMILES string of the molecule is Cc1cc(N2CCCN(C)CC2C)ccc1C(N)=S. The van der Waals surface area contributed by atoms with Gasteiger partial charge in [0.25, 0.3) is 0 Å². The van der Waals surface area contributed by atoms with E-state index in [1.807, 2.05) is 6.07 Å². The van der Waals surface area contributed by atoms with Crippen LogP contribution in [0, 0.1) is 6.92 Å². The largest absolute Gasteiger partial charge is 0.389 e. The minimum Gasteiger partial charge on any atom is -0.389 e. The van der Waals surface area contributed by atoms with Crippen LogP contribution in [0.3, 0.4) is 0 Å². The van der Waals surface area contributed by atoms with Crippen molar-refractivity contribution in [2.45, 2.75) is 26.3 Å². The van der Waals surface area contributed by atoms with Gasteiger partial charge in [-0.15, -0.1) is 0 Å². The molecule has 0 bridgehead atoms. The molecule has 1 saturated heterocycles. The Morgan fingerprint density at radius 3 is 2.74 bits per heavy atom. The molecular formula is C15H23N3S. The van der Waals surface area contributed by atoms with E-state index in [1.54, 1.807) is 0 Å². The van der Waals surface area contributed by atoms with Gasteiger partial charge in [0.05, 0.1) is 0 Å². The van der Waals surface area contributed by atoms with Crippen LogP contribution < -0.4 is 10.6 Å². The van der Waals surface area contributed by atoms with Crippen molar-refractivity contribution in [1.82, 2.24) is 4.90 Å². The smallest absolute Gasteiger partial charge is 0.104 e. The number of hydrogen-bond donors (Lipinski definition) is 1. The summed E-state index contributed by atoms with van der Waals surface area (Å²) in [4.78, 5) is 5.37. The van der Waals surface area contributed by atoms with Gasteiger partial charge in [0, 0.05) is 30.4 Å². The van der Waals surface area contributed by atoms with Gasteiger partial charge in [-0.1, -0.05) is 12.2 Å². The molecule has 19 heavy (non-hydrogen) atoms. The van der Waals surface area contributed by atoms with Crippen molar-refractivity contribution in [2.24, 2.45) is 5.73 Å². The summed E-state index contributed by atoms with van der Waals surface area (Å²) < 4.78 is 0. The van der Waals surface area contributed by atoms with Crippen molar-refractivity contribution >= 4 is 22.9 Å². The number of benzene rings is 1. The molecule has 1 unspecified atom stereocenters. The fraction of sp³-hybridized carbons (Fsp3) is 0.533. The number of nitrogens with zero attached hydrogens (tertiary/aromatic N) is 2. The van der Waals surface area contributed by atoms with E-state index in [2.05, 4.69) is 42.8 Å². The van der Waals surface area contributed by atoms with Crippen LogP contribution >= 0.6 is 12.2 Å². The highest BCUT2D eigenvalue weighted by Gasteiger charge is 2.20. The van der Waals surface area contributed by atoms with E-state index in [0.717, 1.165) is 24.2 Å². The predicted octanol–water partition coefficient (Wildman–Crippen LogP) is 2.16. The highest BCUT2D eigenvalue weighted by molar-refractivity contribution is 7.80. The number of thiocarbonyl (C=S) groups is 1. The van der Waals surface area contributed by atoms with Crippen LogP contribution in [0.5, 0.6) is 0 Å². The van der Waals surface area contributed by atoms with Crippen LogP contribution in [-0.2, 0) is 0 Å². The number of hydrogen-bond acceptors (Lipinski definition) is 3. The van der Waals surface area contributed by atoms with Gasteiger partial charge in [-0.2, -0.15) is 0 Å². The maximum absolute atomic E-state index is 5.72. The molecule has 0 amide bonds. The minimum atomic E-state index is 0.479. The highest BCUT2D eigenvalue weighted by atomic mass is 32.1. The first-order valence-electron chi connectivity index (χ1n) is 6.84. The van der Waals surface area contributed by atoms with Gasteiger partial charge in [-0.05, 0) is 57.6 Å². The highest BCUT2D eigenvalue weighted by Crippen LogP contribution is 2.23. The Bertz CT molecular complexity index is 472. The molecule has 2 rings (SSSR count). The first-order chi connectivity index (χ1) is 8.99. The van der Waals surface area contributed by atoms with Crippen LogP contribution in [0.25, 0.3) is 0 Å². The van der Waals surface area contributed by atoms with E-state index in [-0.39, 0.29) is 0 Å². The van der Waals surface area contributed by atoms with Gasteiger partial charge in [0.2, 0.25) is 0 Å². The summed E-state index contributed by atoms with van der Waals surface area (Å²) in [6.45, 7) is 7.75. The van der Waals surface area contributed by atoms with Crippen molar-refractivity contribution < 1.29 is 0 Å². The van der Waals surface area contributed by atoms with Crippen LogP contribution in [-0.4, -0.2) is 42.6 Å². The molecule has 1 aromatic carbocycles. The van der Waals surface area contributed by atoms with Crippen molar-refractivity contribution in [2.75, 3.05) is 31.6 Å². The second kappa shape index (κ2) is 5.88. The average Bonchev–Trinajstić information content (AvgIpc) is 2.49. The van der Waals surface area contributed by atoms with E-state index in [1.165, 1.54) is 18.7 Å². The van der Waals surface area contributed by atoms with Gasteiger partial charge in [-0.25, -0.2) is 0 Å². The zero-order chi connectivity index (χ0) is 14.0. The average molecular weight is 277 g/mol. The van der Waals surface area contributed by atoms with Gasteiger partial charge >= 0.3 is 0 Å². The van der Waals surface area contributed by atoms with Gasteiger partial charge < -0.3 is 15.5 Å². The molecule has 2 N–H and O–H groups in total. The molecule has 104 valence electrons. The molecule has 0 spiro atoms. The Balaban J connectivity index is 2.25. The quantitative estimate of drug-likeness (QED) is 0.840. The molecule has 4 heteroatoms. The molecule has 1 aliphatic rings. The number of anilines is 1. The van der Waals surface area contributed by atoms with E-state index in [9.17, 15) is 0 Å². The number of likely N-dealkylation sites (N-methyl/N-ethyl adjacent to an activating group) is 1. The maximum atomic E-state index is 5.72. The molecule has 0 aliphatic carbocycles. The van der Waals surface area contributed by atoms with E-state index in [0.29, 0.717) is 11.0 Å². The number of nitrogens with two attached hydrogens (primary N) is 1. The maximum Gasteiger partial charge on any atom is 0.104 e. The van der Waals surface area contributed by atoms with Crippen molar-refractivity contribution in [1.29, 1.82) is 0 Å². The Labute approximate surface area is 121 Å². The Morgan fingerprint density at radius 1 is 1.37 bits per heavy atom. The summed E-state index contributed by atoms with van der Waals surface area (Å²) in [7, 11) is 2.20. The molecule has 1 heterocycles. The first-order valence-corrected chi connectivity index (χ1v) is 7.25.